The van der Waals surface area contributed by atoms with Gasteiger partial charge in [0.15, 0.2) is 11.6 Å². The van der Waals surface area contributed by atoms with Gasteiger partial charge in [-0.05, 0) is 30.5 Å². The van der Waals surface area contributed by atoms with Gasteiger partial charge in [0, 0.05) is 5.39 Å². The molecule has 0 radical (unpaired) electrons. The Morgan fingerprint density at radius 3 is 2.32 bits per heavy atom. The van der Waals surface area contributed by atoms with Crippen LogP contribution in [-0.2, 0) is 0 Å². The van der Waals surface area contributed by atoms with Gasteiger partial charge in [0.25, 0.3) is 0 Å². The number of benzene rings is 2. The van der Waals surface area contributed by atoms with Gasteiger partial charge in [-0.15, -0.1) is 0 Å². The van der Waals surface area contributed by atoms with E-state index < -0.39 is 11.6 Å². The summed E-state index contributed by atoms with van der Waals surface area (Å²) < 4.78 is 37.3. The highest BCUT2D eigenvalue weighted by Gasteiger charge is 2.14. The highest BCUT2D eigenvalue weighted by molar-refractivity contribution is 5.86. The van der Waals surface area contributed by atoms with Crippen LogP contribution in [-0.4, -0.2) is 13.7 Å². The van der Waals surface area contributed by atoms with Gasteiger partial charge < -0.3 is 9.47 Å². The Hall–Kier alpha value is -1.84. The molecule has 2 nitrogen and oxygen atoms in total. The van der Waals surface area contributed by atoms with E-state index in [-0.39, 0.29) is 11.1 Å². The highest BCUT2D eigenvalue weighted by atomic mass is 19.2. The molecule has 0 saturated heterocycles. The van der Waals surface area contributed by atoms with Crippen LogP contribution >= 0.6 is 0 Å². The summed E-state index contributed by atoms with van der Waals surface area (Å²) in [4.78, 5) is 0. The number of hydrogen-bond donors (Lipinski definition) is 0. The van der Waals surface area contributed by atoms with Crippen LogP contribution < -0.4 is 9.47 Å². The summed E-state index contributed by atoms with van der Waals surface area (Å²) in [5, 5.41) is 0.762. The smallest absolute Gasteiger partial charge is 0.201 e. The van der Waals surface area contributed by atoms with Crippen LogP contribution in [0.2, 0.25) is 0 Å². The molecule has 2 aromatic carbocycles. The maximum Gasteiger partial charge on any atom is 0.201 e. The molecule has 0 unspecified atom stereocenters. The first-order valence-electron chi connectivity index (χ1n) is 6.26. The number of methoxy groups -OCH3 is 1. The zero-order chi connectivity index (χ0) is 14.4. The molecule has 0 aliphatic rings. The van der Waals surface area contributed by atoms with Gasteiger partial charge in [0.1, 0.15) is 5.75 Å². The third-order valence-corrected chi connectivity index (χ3v) is 2.49. The van der Waals surface area contributed by atoms with Crippen LogP contribution in [0.15, 0.2) is 24.3 Å². The molecule has 104 valence electrons. The normalized spacial score (nSPS) is 9.79. The predicted octanol–water partition coefficient (Wildman–Crippen LogP) is 4.55. The van der Waals surface area contributed by atoms with Crippen LogP contribution in [0.4, 0.5) is 8.78 Å². The lowest BCUT2D eigenvalue weighted by Crippen LogP contribution is -1.95. The zero-order valence-corrected chi connectivity index (χ0v) is 11.6. The monoisotopic (exact) mass is 268 g/mol. The second-order valence-electron chi connectivity index (χ2n) is 3.52. The fraction of sp³-hybridized carbons (Fsp3) is 0.333. The quantitative estimate of drug-likeness (QED) is 0.813. The number of ether oxygens (including phenoxy) is 2. The maximum absolute atomic E-state index is 13.8. The van der Waals surface area contributed by atoms with Crippen molar-refractivity contribution in [1.29, 1.82) is 0 Å². The van der Waals surface area contributed by atoms with E-state index in [0.717, 1.165) is 0 Å². The average molecular weight is 268 g/mol. The van der Waals surface area contributed by atoms with Crippen molar-refractivity contribution in [1.82, 2.24) is 0 Å². The van der Waals surface area contributed by atoms with Crippen molar-refractivity contribution < 1.29 is 18.3 Å². The molecule has 0 aromatic heterocycles. The number of rotatable bonds is 3. The summed E-state index contributed by atoms with van der Waals surface area (Å²) >= 11 is 0. The van der Waals surface area contributed by atoms with Crippen molar-refractivity contribution in [2.75, 3.05) is 13.7 Å². The van der Waals surface area contributed by atoms with Gasteiger partial charge in [0.2, 0.25) is 5.82 Å². The Morgan fingerprint density at radius 1 is 1.05 bits per heavy atom. The topological polar surface area (TPSA) is 18.5 Å². The Bertz CT molecular complexity index is 553. The highest BCUT2D eigenvalue weighted by Crippen LogP contribution is 2.30. The molecule has 0 aliphatic carbocycles. The van der Waals surface area contributed by atoms with E-state index in [2.05, 4.69) is 0 Å². The third-order valence-electron chi connectivity index (χ3n) is 2.49. The van der Waals surface area contributed by atoms with Crippen molar-refractivity contribution in [2.24, 2.45) is 0 Å². The van der Waals surface area contributed by atoms with Crippen LogP contribution in [0.1, 0.15) is 20.8 Å². The van der Waals surface area contributed by atoms with Crippen molar-refractivity contribution in [3.8, 4) is 11.5 Å². The van der Waals surface area contributed by atoms with Gasteiger partial charge in [-0.2, -0.15) is 4.39 Å². The van der Waals surface area contributed by atoms with Crippen molar-refractivity contribution >= 4 is 10.8 Å². The lowest BCUT2D eigenvalue weighted by atomic mass is 10.1. The van der Waals surface area contributed by atoms with Gasteiger partial charge in [-0.1, -0.05) is 19.9 Å². The van der Waals surface area contributed by atoms with E-state index in [1.165, 1.54) is 19.2 Å². The second-order valence-corrected chi connectivity index (χ2v) is 3.52. The minimum atomic E-state index is -0.978. The first-order chi connectivity index (χ1) is 9.17. The maximum atomic E-state index is 13.8. The molecule has 0 saturated carbocycles. The van der Waals surface area contributed by atoms with Crippen LogP contribution in [0.5, 0.6) is 11.5 Å². The summed E-state index contributed by atoms with van der Waals surface area (Å²) in [5.74, 6) is -1.47. The lowest BCUT2D eigenvalue weighted by molar-refractivity contribution is 0.340. The molecular weight excluding hydrogens is 250 g/mol. The van der Waals surface area contributed by atoms with E-state index >= 15 is 0 Å². The summed E-state index contributed by atoms with van der Waals surface area (Å²) in [7, 11) is 1.30. The van der Waals surface area contributed by atoms with Crippen molar-refractivity contribution in [3.05, 3.63) is 35.9 Å². The molecule has 2 aromatic rings. The van der Waals surface area contributed by atoms with Gasteiger partial charge in [-0.25, -0.2) is 4.39 Å². The minimum Gasteiger partial charge on any atom is -0.494 e. The average Bonchev–Trinajstić information content (AvgIpc) is 2.46. The zero-order valence-electron chi connectivity index (χ0n) is 11.6. The Kier molecular flexibility index (Phi) is 5.55. The predicted molar refractivity (Wildman–Crippen MR) is 72.9 cm³/mol. The van der Waals surface area contributed by atoms with Crippen LogP contribution in [0.25, 0.3) is 10.8 Å². The molecule has 0 bridgehead atoms. The molecular formula is C15H18F2O2. The van der Waals surface area contributed by atoms with Gasteiger partial charge >= 0.3 is 0 Å². The lowest BCUT2D eigenvalue weighted by Gasteiger charge is -2.08. The molecule has 0 atom stereocenters. The van der Waals surface area contributed by atoms with Crippen LogP contribution in [0, 0.1) is 11.6 Å². The largest absolute Gasteiger partial charge is 0.494 e. The second kappa shape index (κ2) is 6.92. The molecule has 0 N–H and O–H groups in total. The van der Waals surface area contributed by atoms with E-state index in [1.807, 2.05) is 20.8 Å². The van der Waals surface area contributed by atoms with E-state index in [0.29, 0.717) is 17.7 Å². The minimum absolute atomic E-state index is 0.0980. The SMILES string of the molecule is CC.CCOc1ccc2cc(OC)c(F)c(F)c2c1. The molecule has 0 amide bonds. The molecule has 0 aliphatic heterocycles. The van der Waals surface area contributed by atoms with Gasteiger partial charge in [0.05, 0.1) is 13.7 Å². The summed E-state index contributed by atoms with van der Waals surface area (Å²) in [6.45, 7) is 6.31. The molecule has 0 heterocycles. The van der Waals surface area contributed by atoms with Crippen LogP contribution in [0.3, 0.4) is 0 Å². The Labute approximate surface area is 112 Å². The van der Waals surface area contributed by atoms with Crippen molar-refractivity contribution in [2.45, 2.75) is 20.8 Å². The summed E-state index contributed by atoms with van der Waals surface area (Å²) in [5.41, 5.74) is 0. The fourth-order valence-electron chi connectivity index (χ4n) is 1.69. The van der Waals surface area contributed by atoms with E-state index in [4.69, 9.17) is 9.47 Å². The van der Waals surface area contributed by atoms with E-state index in [9.17, 15) is 8.78 Å². The standard InChI is InChI=1S/C13H12F2O2.C2H6/c1-3-17-9-5-4-8-6-11(16-2)13(15)12(14)10(8)7-9;1-2/h4-7H,3H2,1-2H3;1-2H3. The van der Waals surface area contributed by atoms with Gasteiger partial charge in [-0.3, -0.25) is 0 Å². The van der Waals surface area contributed by atoms with Crippen molar-refractivity contribution in [3.63, 3.8) is 0 Å². The number of fused-ring (bicyclic) bond motifs is 1. The number of halogens is 2. The fourth-order valence-corrected chi connectivity index (χ4v) is 1.69. The Balaban J connectivity index is 0.000000861. The molecule has 19 heavy (non-hydrogen) atoms. The van der Waals surface area contributed by atoms with E-state index in [1.54, 1.807) is 12.1 Å². The Morgan fingerprint density at radius 2 is 1.74 bits per heavy atom. The summed E-state index contributed by atoms with van der Waals surface area (Å²) in [6.07, 6.45) is 0. The molecule has 0 spiro atoms. The number of hydrogen-bond acceptors (Lipinski definition) is 2. The first-order valence-corrected chi connectivity index (χ1v) is 6.26. The first kappa shape index (κ1) is 15.2. The third kappa shape index (κ3) is 3.13. The summed E-state index contributed by atoms with van der Waals surface area (Å²) in [6, 6.07) is 6.33. The molecule has 4 heteroatoms. The molecule has 0 fully saturated rings. The molecule has 2 rings (SSSR count).